The third-order valence-corrected chi connectivity index (χ3v) is 4.31. The molecule has 0 spiro atoms. The van der Waals surface area contributed by atoms with Gasteiger partial charge in [-0.25, -0.2) is 0 Å². The van der Waals surface area contributed by atoms with Gasteiger partial charge < -0.3 is 10.2 Å². The molecule has 0 bridgehead atoms. The van der Waals surface area contributed by atoms with Crippen LogP contribution in [0.15, 0.2) is 16.5 Å². The van der Waals surface area contributed by atoms with Crippen molar-refractivity contribution >= 4 is 28.2 Å². The third kappa shape index (κ3) is 5.52. The van der Waals surface area contributed by atoms with E-state index in [9.17, 15) is 0 Å². The summed E-state index contributed by atoms with van der Waals surface area (Å²) in [7, 11) is 3.95. The summed E-state index contributed by atoms with van der Waals surface area (Å²) in [5.41, 5.74) is 1.19. The Kier molecular flexibility index (Phi) is 5.94. The molecule has 1 N–H and O–H groups in total. The number of nitrogens with zero attached hydrogens (tertiary/aromatic N) is 3. The van der Waals surface area contributed by atoms with Crippen LogP contribution in [0.3, 0.4) is 0 Å². The number of hydrogen-bond donors (Lipinski definition) is 1. The van der Waals surface area contributed by atoms with Gasteiger partial charge >= 0.3 is 0 Å². The first kappa shape index (κ1) is 14.5. The monoisotopic (exact) mass is 272 g/mol. The van der Waals surface area contributed by atoms with Crippen molar-refractivity contribution in [1.82, 2.24) is 15.5 Å². The van der Waals surface area contributed by atoms with Crippen LogP contribution < -0.4 is 10.2 Å². The number of rotatable bonds is 7. The van der Waals surface area contributed by atoms with Gasteiger partial charge in [0.05, 0.1) is 0 Å². The Morgan fingerprint density at radius 3 is 2.71 bits per heavy atom. The highest BCUT2D eigenvalue weighted by Gasteiger charge is 2.06. The normalized spacial score (nSPS) is 10.9. The van der Waals surface area contributed by atoms with Crippen LogP contribution in [0.2, 0.25) is 0 Å². The van der Waals surface area contributed by atoms with Gasteiger partial charge in [-0.2, -0.15) is 0 Å². The molecule has 0 aliphatic rings. The van der Waals surface area contributed by atoms with E-state index in [1.54, 1.807) is 23.1 Å². The summed E-state index contributed by atoms with van der Waals surface area (Å²) in [6.45, 7) is 9.18. The molecular formula is C11H20N4S2. The van der Waals surface area contributed by atoms with E-state index >= 15 is 0 Å². The standard InChI is InChI=1S/C11H20N4S2/c1-8(2)12-6-9(3)7-16-11-14-13-10(17-11)15(4)5/h8,12H,3,6-7H2,1-2,4-5H3. The predicted octanol–water partition coefficient (Wildman–Crippen LogP) is 2.25. The molecule has 1 aromatic heterocycles. The maximum absolute atomic E-state index is 4.13. The molecule has 0 aromatic carbocycles. The number of nitrogens with one attached hydrogen (secondary N) is 1. The number of anilines is 1. The predicted molar refractivity (Wildman–Crippen MR) is 77.2 cm³/mol. The third-order valence-electron chi connectivity index (χ3n) is 1.94. The summed E-state index contributed by atoms with van der Waals surface area (Å²) >= 11 is 3.31. The first-order chi connectivity index (χ1) is 7.99. The van der Waals surface area contributed by atoms with Crippen LogP contribution in [0.25, 0.3) is 0 Å². The van der Waals surface area contributed by atoms with Gasteiger partial charge in [-0.15, -0.1) is 10.2 Å². The second-order valence-corrected chi connectivity index (χ2v) is 6.50. The van der Waals surface area contributed by atoms with Crippen LogP contribution in [-0.2, 0) is 0 Å². The Morgan fingerprint density at radius 2 is 2.18 bits per heavy atom. The van der Waals surface area contributed by atoms with E-state index in [4.69, 9.17) is 0 Å². The molecule has 0 radical (unpaired) electrons. The lowest BCUT2D eigenvalue weighted by molar-refractivity contribution is 0.623. The van der Waals surface area contributed by atoms with Gasteiger partial charge in [0.2, 0.25) is 5.13 Å². The van der Waals surface area contributed by atoms with E-state index in [2.05, 4.69) is 35.9 Å². The van der Waals surface area contributed by atoms with E-state index in [1.165, 1.54) is 5.57 Å². The SMILES string of the molecule is C=C(CNC(C)C)CSc1nnc(N(C)C)s1. The van der Waals surface area contributed by atoms with E-state index in [-0.39, 0.29) is 0 Å². The van der Waals surface area contributed by atoms with E-state index < -0.39 is 0 Å². The van der Waals surface area contributed by atoms with Crippen molar-refractivity contribution in [2.75, 3.05) is 31.3 Å². The average molecular weight is 272 g/mol. The zero-order valence-electron chi connectivity index (χ0n) is 10.9. The fourth-order valence-electron chi connectivity index (χ4n) is 1.00. The van der Waals surface area contributed by atoms with Gasteiger partial charge in [-0.05, 0) is 0 Å². The first-order valence-corrected chi connectivity index (χ1v) is 7.33. The largest absolute Gasteiger partial charge is 0.353 e. The highest BCUT2D eigenvalue weighted by atomic mass is 32.2. The van der Waals surface area contributed by atoms with Crippen molar-refractivity contribution in [1.29, 1.82) is 0 Å². The fraction of sp³-hybridized carbons (Fsp3) is 0.636. The van der Waals surface area contributed by atoms with Crippen molar-refractivity contribution in [2.24, 2.45) is 0 Å². The van der Waals surface area contributed by atoms with E-state index in [1.807, 2.05) is 19.0 Å². The Morgan fingerprint density at radius 1 is 1.47 bits per heavy atom. The minimum absolute atomic E-state index is 0.499. The van der Waals surface area contributed by atoms with Gasteiger partial charge in [0, 0.05) is 32.4 Å². The number of thioether (sulfide) groups is 1. The molecule has 1 aromatic rings. The summed E-state index contributed by atoms with van der Waals surface area (Å²) in [4.78, 5) is 1.97. The van der Waals surface area contributed by atoms with Crippen LogP contribution >= 0.6 is 23.1 Å². The highest BCUT2D eigenvalue weighted by molar-refractivity contribution is 8.01. The van der Waals surface area contributed by atoms with Crippen LogP contribution in [0, 0.1) is 0 Å². The molecule has 96 valence electrons. The molecule has 0 aliphatic heterocycles. The Balaban J connectivity index is 2.32. The van der Waals surface area contributed by atoms with Gasteiger partial charge in [-0.1, -0.05) is 49.1 Å². The second kappa shape index (κ2) is 6.98. The lowest BCUT2D eigenvalue weighted by atomic mass is 10.3. The Hall–Kier alpha value is -0.590. The van der Waals surface area contributed by atoms with Crippen molar-refractivity contribution < 1.29 is 0 Å². The molecule has 0 amide bonds. The van der Waals surface area contributed by atoms with E-state index in [0.29, 0.717) is 6.04 Å². The molecule has 4 nitrogen and oxygen atoms in total. The lowest BCUT2D eigenvalue weighted by Gasteiger charge is -2.09. The molecule has 0 saturated carbocycles. The van der Waals surface area contributed by atoms with Crippen molar-refractivity contribution in [3.8, 4) is 0 Å². The van der Waals surface area contributed by atoms with Crippen molar-refractivity contribution in [3.05, 3.63) is 12.2 Å². The summed E-state index contributed by atoms with van der Waals surface area (Å²) in [6, 6.07) is 0.499. The maximum Gasteiger partial charge on any atom is 0.208 e. The van der Waals surface area contributed by atoms with Crippen molar-refractivity contribution in [2.45, 2.75) is 24.2 Å². The zero-order valence-corrected chi connectivity index (χ0v) is 12.5. The van der Waals surface area contributed by atoms with Crippen LogP contribution in [0.1, 0.15) is 13.8 Å². The molecule has 0 unspecified atom stereocenters. The van der Waals surface area contributed by atoms with Gasteiger partial charge in [0.15, 0.2) is 4.34 Å². The maximum atomic E-state index is 4.13. The number of hydrogen-bond acceptors (Lipinski definition) is 6. The zero-order chi connectivity index (χ0) is 12.8. The molecular weight excluding hydrogens is 252 g/mol. The fourth-order valence-corrected chi connectivity index (χ4v) is 2.67. The molecule has 0 fully saturated rings. The number of aromatic nitrogens is 2. The summed E-state index contributed by atoms with van der Waals surface area (Å²) in [5.74, 6) is 0.891. The molecule has 1 heterocycles. The molecule has 1 rings (SSSR count). The smallest absolute Gasteiger partial charge is 0.208 e. The Bertz CT molecular complexity index is 360. The quantitative estimate of drug-likeness (QED) is 0.609. The van der Waals surface area contributed by atoms with Gasteiger partial charge in [0.25, 0.3) is 0 Å². The first-order valence-electron chi connectivity index (χ1n) is 5.52. The molecule has 0 saturated heterocycles. The lowest BCUT2D eigenvalue weighted by Crippen LogP contribution is -2.25. The molecule has 6 heteroatoms. The Labute approximate surface area is 112 Å². The second-order valence-electron chi connectivity index (χ2n) is 4.32. The van der Waals surface area contributed by atoms with Gasteiger partial charge in [0.1, 0.15) is 0 Å². The summed E-state index contributed by atoms with van der Waals surface area (Å²) < 4.78 is 0.999. The molecule has 0 atom stereocenters. The average Bonchev–Trinajstić information content (AvgIpc) is 2.72. The van der Waals surface area contributed by atoms with E-state index in [0.717, 1.165) is 21.8 Å². The van der Waals surface area contributed by atoms with Crippen LogP contribution in [0.4, 0.5) is 5.13 Å². The van der Waals surface area contributed by atoms with Crippen LogP contribution in [-0.4, -0.2) is 42.6 Å². The topological polar surface area (TPSA) is 41.1 Å². The van der Waals surface area contributed by atoms with Crippen molar-refractivity contribution in [3.63, 3.8) is 0 Å². The molecule has 0 aliphatic carbocycles. The summed E-state index contributed by atoms with van der Waals surface area (Å²) in [6.07, 6.45) is 0. The summed E-state index contributed by atoms with van der Waals surface area (Å²) in [5, 5.41) is 12.5. The minimum Gasteiger partial charge on any atom is -0.353 e. The van der Waals surface area contributed by atoms with Gasteiger partial charge in [-0.3, -0.25) is 0 Å². The highest BCUT2D eigenvalue weighted by Crippen LogP contribution is 2.27. The molecule has 17 heavy (non-hydrogen) atoms. The minimum atomic E-state index is 0.499. The van der Waals surface area contributed by atoms with Crippen LogP contribution in [0.5, 0.6) is 0 Å².